The summed E-state index contributed by atoms with van der Waals surface area (Å²) in [6.45, 7) is 2.00. The van der Waals surface area contributed by atoms with E-state index in [0.29, 0.717) is 5.56 Å². The number of ether oxygens (including phenoxy) is 1. The number of benzene rings is 1. The SMILES string of the molecule is CCOC(=O)C(=CO)c1ccc(Br)cc1. The maximum absolute atomic E-state index is 11.4. The normalized spacial score (nSPS) is 11.2. The first-order valence-electron chi connectivity index (χ1n) is 4.46. The molecule has 4 heteroatoms. The van der Waals surface area contributed by atoms with Crippen LogP contribution in [0.4, 0.5) is 0 Å². The van der Waals surface area contributed by atoms with E-state index in [9.17, 15) is 4.79 Å². The summed E-state index contributed by atoms with van der Waals surface area (Å²) in [5.41, 5.74) is 0.781. The highest BCUT2D eigenvalue weighted by Crippen LogP contribution is 2.18. The minimum atomic E-state index is -0.526. The van der Waals surface area contributed by atoms with Crippen molar-refractivity contribution in [1.82, 2.24) is 0 Å². The number of esters is 1. The van der Waals surface area contributed by atoms with Crippen molar-refractivity contribution in [1.29, 1.82) is 0 Å². The smallest absolute Gasteiger partial charge is 0.341 e. The summed E-state index contributed by atoms with van der Waals surface area (Å²) in [4.78, 5) is 11.4. The van der Waals surface area contributed by atoms with Gasteiger partial charge in [0.25, 0.3) is 0 Å². The zero-order valence-electron chi connectivity index (χ0n) is 8.24. The van der Waals surface area contributed by atoms with E-state index >= 15 is 0 Å². The van der Waals surface area contributed by atoms with Gasteiger partial charge in [0.1, 0.15) is 5.57 Å². The van der Waals surface area contributed by atoms with Crippen LogP contribution in [-0.4, -0.2) is 17.7 Å². The highest BCUT2D eigenvalue weighted by atomic mass is 79.9. The van der Waals surface area contributed by atoms with Crippen LogP contribution in [0.5, 0.6) is 0 Å². The number of hydrogen-bond donors (Lipinski definition) is 1. The molecule has 0 fully saturated rings. The third kappa shape index (κ3) is 3.09. The molecule has 0 aliphatic carbocycles. The molecular weight excluding hydrogens is 260 g/mol. The predicted octanol–water partition coefficient (Wildman–Crippen LogP) is 2.91. The highest BCUT2D eigenvalue weighted by Gasteiger charge is 2.12. The van der Waals surface area contributed by atoms with Gasteiger partial charge in [-0.3, -0.25) is 0 Å². The van der Waals surface area contributed by atoms with E-state index in [1.54, 1.807) is 31.2 Å². The van der Waals surface area contributed by atoms with Gasteiger partial charge < -0.3 is 9.84 Å². The molecule has 3 nitrogen and oxygen atoms in total. The Morgan fingerprint density at radius 3 is 2.53 bits per heavy atom. The first-order valence-corrected chi connectivity index (χ1v) is 5.25. The van der Waals surface area contributed by atoms with Gasteiger partial charge in [0.2, 0.25) is 0 Å². The molecule has 15 heavy (non-hydrogen) atoms. The Bertz CT molecular complexity index is 368. The Morgan fingerprint density at radius 1 is 1.47 bits per heavy atom. The summed E-state index contributed by atoms with van der Waals surface area (Å²) < 4.78 is 5.71. The molecule has 1 N–H and O–H groups in total. The van der Waals surface area contributed by atoms with Crippen LogP contribution in [0, 0.1) is 0 Å². The third-order valence-electron chi connectivity index (χ3n) is 1.78. The van der Waals surface area contributed by atoms with Crippen molar-refractivity contribution in [3.8, 4) is 0 Å². The van der Waals surface area contributed by atoms with Crippen molar-refractivity contribution in [3.63, 3.8) is 0 Å². The molecule has 0 saturated heterocycles. The lowest BCUT2D eigenvalue weighted by Crippen LogP contribution is -2.06. The van der Waals surface area contributed by atoms with Gasteiger partial charge in [0.15, 0.2) is 0 Å². The summed E-state index contributed by atoms with van der Waals surface area (Å²) in [6.07, 6.45) is 0.765. The number of aliphatic hydroxyl groups excluding tert-OH is 1. The molecule has 1 aromatic rings. The minimum absolute atomic E-state index is 0.157. The Morgan fingerprint density at radius 2 is 2.07 bits per heavy atom. The average Bonchev–Trinajstić information content (AvgIpc) is 2.22. The fraction of sp³-hybridized carbons (Fsp3) is 0.182. The van der Waals surface area contributed by atoms with E-state index in [1.165, 1.54) is 0 Å². The molecule has 0 atom stereocenters. The van der Waals surface area contributed by atoms with Gasteiger partial charge in [-0.05, 0) is 24.6 Å². The van der Waals surface area contributed by atoms with Crippen LogP contribution in [0.2, 0.25) is 0 Å². The van der Waals surface area contributed by atoms with Crippen molar-refractivity contribution in [3.05, 3.63) is 40.6 Å². The molecule has 0 aromatic heterocycles. The maximum atomic E-state index is 11.4. The van der Waals surface area contributed by atoms with E-state index in [0.717, 1.165) is 10.7 Å². The molecule has 0 radical (unpaired) electrons. The van der Waals surface area contributed by atoms with Gasteiger partial charge in [0.05, 0.1) is 12.9 Å². The molecule has 1 rings (SSSR count). The molecule has 0 aliphatic heterocycles. The van der Waals surface area contributed by atoms with Crippen molar-refractivity contribution in [2.24, 2.45) is 0 Å². The van der Waals surface area contributed by atoms with Crippen LogP contribution in [0.3, 0.4) is 0 Å². The lowest BCUT2D eigenvalue weighted by molar-refractivity contribution is -0.136. The fourth-order valence-corrected chi connectivity index (χ4v) is 1.35. The van der Waals surface area contributed by atoms with Crippen molar-refractivity contribution in [2.45, 2.75) is 6.92 Å². The third-order valence-corrected chi connectivity index (χ3v) is 2.31. The largest absolute Gasteiger partial charge is 0.515 e. The van der Waals surface area contributed by atoms with Crippen molar-refractivity contribution < 1.29 is 14.6 Å². The number of carbonyl (C=O) groups is 1. The van der Waals surface area contributed by atoms with Gasteiger partial charge in [-0.1, -0.05) is 28.1 Å². The van der Waals surface area contributed by atoms with Crippen molar-refractivity contribution in [2.75, 3.05) is 6.61 Å². The van der Waals surface area contributed by atoms with Gasteiger partial charge >= 0.3 is 5.97 Å². The molecule has 1 aromatic carbocycles. The summed E-state index contributed by atoms with van der Waals surface area (Å²) in [7, 11) is 0. The Kier molecular flexibility index (Phi) is 4.37. The summed E-state index contributed by atoms with van der Waals surface area (Å²) in [6, 6.07) is 7.03. The maximum Gasteiger partial charge on any atom is 0.341 e. The van der Waals surface area contributed by atoms with E-state index < -0.39 is 5.97 Å². The van der Waals surface area contributed by atoms with E-state index in [4.69, 9.17) is 9.84 Å². The van der Waals surface area contributed by atoms with Crippen LogP contribution in [0.15, 0.2) is 35.0 Å². The zero-order valence-corrected chi connectivity index (χ0v) is 9.82. The molecule has 0 saturated carbocycles. The number of carbonyl (C=O) groups excluding carboxylic acids is 1. The number of aliphatic hydroxyl groups is 1. The van der Waals surface area contributed by atoms with Crippen LogP contribution in [0.1, 0.15) is 12.5 Å². The molecule has 0 aliphatic rings. The molecule has 0 unspecified atom stereocenters. The standard InChI is InChI=1S/C11H11BrO3/c1-2-15-11(14)10(7-13)8-3-5-9(12)6-4-8/h3-7,13H,2H2,1H3. The lowest BCUT2D eigenvalue weighted by Gasteiger charge is -2.05. The number of rotatable bonds is 3. The Labute approximate surface area is 96.5 Å². The average molecular weight is 271 g/mol. The monoisotopic (exact) mass is 270 g/mol. The van der Waals surface area contributed by atoms with Crippen LogP contribution in [-0.2, 0) is 9.53 Å². The fourth-order valence-electron chi connectivity index (χ4n) is 1.08. The van der Waals surface area contributed by atoms with E-state index in [2.05, 4.69) is 15.9 Å². The molecular formula is C11H11BrO3. The topological polar surface area (TPSA) is 46.5 Å². The molecule has 80 valence electrons. The first kappa shape index (κ1) is 11.8. The van der Waals surface area contributed by atoms with Crippen LogP contribution >= 0.6 is 15.9 Å². The number of hydrogen-bond acceptors (Lipinski definition) is 3. The molecule has 0 spiro atoms. The summed E-state index contributed by atoms with van der Waals surface area (Å²) in [5, 5.41) is 8.97. The van der Waals surface area contributed by atoms with Crippen molar-refractivity contribution >= 4 is 27.5 Å². The molecule has 0 heterocycles. The van der Waals surface area contributed by atoms with E-state index in [-0.39, 0.29) is 12.2 Å². The predicted molar refractivity (Wildman–Crippen MR) is 61.4 cm³/mol. The van der Waals surface area contributed by atoms with Crippen LogP contribution in [0.25, 0.3) is 5.57 Å². The lowest BCUT2D eigenvalue weighted by atomic mass is 10.1. The van der Waals surface area contributed by atoms with Gasteiger partial charge in [0, 0.05) is 4.47 Å². The molecule has 0 bridgehead atoms. The summed E-state index contributed by atoms with van der Waals surface area (Å²) >= 11 is 3.29. The first-order chi connectivity index (χ1) is 7.19. The molecule has 0 amide bonds. The minimum Gasteiger partial charge on any atom is -0.515 e. The zero-order chi connectivity index (χ0) is 11.3. The second kappa shape index (κ2) is 5.56. The van der Waals surface area contributed by atoms with Gasteiger partial charge in [-0.25, -0.2) is 4.79 Å². The van der Waals surface area contributed by atoms with E-state index in [1.807, 2.05) is 0 Å². The van der Waals surface area contributed by atoms with Gasteiger partial charge in [-0.15, -0.1) is 0 Å². The second-order valence-corrected chi connectivity index (χ2v) is 3.69. The summed E-state index contributed by atoms with van der Waals surface area (Å²) in [5.74, 6) is -0.526. The van der Waals surface area contributed by atoms with Crippen LogP contribution < -0.4 is 0 Å². The second-order valence-electron chi connectivity index (χ2n) is 2.77. The quantitative estimate of drug-likeness (QED) is 0.522. The Hall–Kier alpha value is -1.29. The highest BCUT2D eigenvalue weighted by molar-refractivity contribution is 9.10. The van der Waals surface area contributed by atoms with Gasteiger partial charge in [-0.2, -0.15) is 0 Å². The Balaban J connectivity index is 2.94. The number of halogens is 1.